The summed E-state index contributed by atoms with van der Waals surface area (Å²) in [4.78, 5) is 12.3. The molecule has 10 heteroatoms. The zero-order chi connectivity index (χ0) is 13.9. The van der Waals surface area contributed by atoms with Crippen LogP contribution in [-0.2, 0) is 27.9 Å². The number of nitrogens with two attached hydrogens (primary N) is 1. The number of amides is 1. The van der Waals surface area contributed by atoms with Crippen molar-refractivity contribution in [3.63, 3.8) is 0 Å². The average Bonchev–Trinajstić information content (AvgIpc) is 2.95. The van der Waals surface area contributed by atoms with Crippen LogP contribution in [0.5, 0.6) is 0 Å². The molecule has 2 aromatic rings. The second kappa shape index (κ2) is 5.47. The van der Waals surface area contributed by atoms with E-state index in [-0.39, 0.29) is 23.2 Å². The summed E-state index contributed by atoms with van der Waals surface area (Å²) in [5, 5.41) is 14.9. The summed E-state index contributed by atoms with van der Waals surface area (Å²) in [6.45, 7) is 0.307. The Morgan fingerprint density at radius 3 is 2.84 bits per heavy atom. The molecule has 0 atom stereocenters. The van der Waals surface area contributed by atoms with Crippen LogP contribution >= 0.6 is 11.3 Å². The number of carbonyl (C=O) groups is 1. The Kier molecular flexibility index (Phi) is 3.93. The second-order valence-electron chi connectivity index (χ2n) is 3.64. The smallest absolute Gasteiger partial charge is 0.247 e. The molecule has 0 radical (unpaired) electrons. The molecule has 0 saturated carbocycles. The number of primary sulfonamides is 1. The lowest BCUT2D eigenvalue weighted by molar-refractivity contribution is -0.122. The summed E-state index contributed by atoms with van der Waals surface area (Å²) in [7, 11) is -3.68. The normalized spacial score (nSPS) is 11.4. The Bertz CT molecular complexity index is 662. The van der Waals surface area contributed by atoms with Gasteiger partial charge in [0, 0.05) is 11.1 Å². The first-order chi connectivity index (χ1) is 8.95. The molecule has 0 saturated heterocycles. The minimum absolute atomic E-state index is 0.0629. The number of carbonyl (C=O) groups excluding carboxylic acids is 1. The van der Waals surface area contributed by atoms with Crippen LogP contribution in [0.1, 0.15) is 4.88 Å². The molecule has 0 bridgehead atoms. The minimum atomic E-state index is -3.68. The second-order valence-corrected chi connectivity index (χ2v) is 6.60. The Balaban J connectivity index is 1.89. The van der Waals surface area contributed by atoms with Crippen LogP contribution < -0.4 is 10.5 Å². The highest BCUT2D eigenvalue weighted by Gasteiger charge is 2.11. The number of hydrogen-bond donors (Lipinski definition) is 2. The number of sulfonamides is 1. The highest BCUT2D eigenvalue weighted by Crippen LogP contribution is 2.19. The van der Waals surface area contributed by atoms with Crippen molar-refractivity contribution in [2.24, 2.45) is 5.14 Å². The molecule has 0 aliphatic heterocycles. The highest BCUT2D eigenvalue weighted by atomic mass is 32.2. The van der Waals surface area contributed by atoms with E-state index in [2.05, 4.69) is 15.6 Å². The zero-order valence-corrected chi connectivity index (χ0v) is 11.3. The number of aromatic nitrogens is 3. The molecule has 2 heterocycles. The summed E-state index contributed by atoms with van der Waals surface area (Å²) in [6, 6.07) is 3.03. The maximum atomic E-state index is 11.5. The SMILES string of the molecule is NS(=O)(=O)c1ccc(CNC(=O)Cn2ccnn2)s1. The maximum absolute atomic E-state index is 11.5. The number of nitrogens with zero attached hydrogens (tertiary/aromatic N) is 3. The van der Waals surface area contributed by atoms with Crippen LogP contribution in [-0.4, -0.2) is 29.3 Å². The third-order valence-corrected chi connectivity index (χ3v) is 4.68. The van der Waals surface area contributed by atoms with Crippen molar-refractivity contribution in [1.29, 1.82) is 0 Å². The van der Waals surface area contributed by atoms with Crippen molar-refractivity contribution >= 4 is 27.3 Å². The van der Waals surface area contributed by atoms with Gasteiger partial charge < -0.3 is 5.32 Å². The Morgan fingerprint density at radius 1 is 1.47 bits per heavy atom. The lowest BCUT2D eigenvalue weighted by Gasteiger charge is -2.02. The molecule has 2 aromatic heterocycles. The van der Waals surface area contributed by atoms with Gasteiger partial charge in [-0.1, -0.05) is 5.21 Å². The fourth-order valence-electron chi connectivity index (χ4n) is 1.31. The van der Waals surface area contributed by atoms with Crippen LogP contribution in [0, 0.1) is 0 Å². The van der Waals surface area contributed by atoms with Gasteiger partial charge in [-0.3, -0.25) is 4.79 Å². The van der Waals surface area contributed by atoms with E-state index in [1.807, 2.05) is 0 Å². The van der Waals surface area contributed by atoms with E-state index in [0.29, 0.717) is 4.88 Å². The lowest BCUT2D eigenvalue weighted by atomic mass is 10.4. The van der Waals surface area contributed by atoms with Crippen LogP contribution in [0.2, 0.25) is 0 Å². The summed E-state index contributed by atoms with van der Waals surface area (Å²) in [6.07, 6.45) is 3.05. The van der Waals surface area contributed by atoms with Crippen molar-refractivity contribution in [3.8, 4) is 0 Å². The van der Waals surface area contributed by atoms with E-state index in [1.54, 1.807) is 12.3 Å². The van der Waals surface area contributed by atoms with Crippen molar-refractivity contribution in [3.05, 3.63) is 29.4 Å². The standard InChI is InChI=1S/C9H11N5O3S2/c10-19(16,17)9-2-1-7(18-9)5-11-8(15)6-14-4-3-12-13-14/h1-4H,5-6H2,(H,11,15)(H2,10,16,17). The summed E-state index contributed by atoms with van der Waals surface area (Å²) in [5.41, 5.74) is 0. The van der Waals surface area contributed by atoms with Crippen molar-refractivity contribution in [2.75, 3.05) is 0 Å². The molecule has 0 aromatic carbocycles. The molecule has 0 aliphatic rings. The summed E-state index contributed by atoms with van der Waals surface area (Å²) in [5.74, 6) is -0.240. The van der Waals surface area contributed by atoms with Gasteiger partial charge in [0.1, 0.15) is 10.8 Å². The van der Waals surface area contributed by atoms with E-state index >= 15 is 0 Å². The van der Waals surface area contributed by atoms with Crippen molar-refractivity contribution in [2.45, 2.75) is 17.3 Å². The molecule has 19 heavy (non-hydrogen) atoms. The Morgan fingerprint density at radius 2 is 2.26 bits per heavy atom. The molecule has 0 spiro atoms. The molecule has 0 unspecified atom stereocenters. The molecule has 2 rings (SSSR count). The molecule has 1 amide bonds. The molecule has 102 valence electrons. The van der Waals surface area contributed by atoms with E-state index in [0.717, 1.165) is 11.3 Å². The molecule has 0 fully saturated rings. The number of nitrogens with one attached hydrogen (secondary N) is 1. The minimum Gasteiger partial charge on any atom is -0.350 e. The number of thiophene rings is 1. The van der Waals surface area contributed by atoms with Gasteiger partial charge in [0.05, 0.1) is 12.7 Å². The van der Waals surface area contributed by atoms with Crippen LogP contribution in [0.4, 0.5) is 0 Å². The van der Waals surface area contributed by atoms with Crippen LogP contribution in [0.3, 0.4) is 0 Å². The fraction of sp³-hybridized carbons (Fsp3) is 0.222. The first-order valence-corrected chi connectivity index (χ1v) is 7.54. The van der Waals surface area contributed by atoms with E-state index in [9.17, 15) is 13.2 Å². The average molecular weight is 301 g/mol. The van der Waals surface area contributed by atoms with E-state index in [1.165, 1.54) is 16.9 Å². The van der Waals surface area contributed by atoms with Gasteiger partial charge in [0.25, 0.3) is 0 Å². The number of hydrogen-bond acceptors (Lipinski definition) is 6. The van der Waals surface area contributed by atoms with Gasteiger partial charge in [0.2, 0.25) is 15.9 Å². The van der Waals surface area contributed by atoms with Crippen molar-refractivity contribution in [1.82, 2.24) is 20.3 Å². The fourth-order valence-corrected chi connectivity index (χ4v) is 3.03. The lowest BCUT2D eigenvalue weighted by Crippen LogP contribution is -2.27. The van der Waals surface area contributed by atoms with Gasteiger partial charge in [-0.15, -0.1) is 16.4 Å². The summed E-state index contributed by atoms with van der Waals surface area (Å²) >= 11 is 1.03. The molecular weight excluding hydrogens is 290 g/mol. The largest absolute Gasteiger partial charge is 0.350 e. The third kappa shape index (κ3) is 3.84. The quantitative estimate of drug-likeness (QED) is 0.757. The predicted molar refractivity (Wildman–Crippen MR) is 67.6 cm³/mol. The maximum Gasteiger partial charge on any atom is 0.247 e. The predicted octanol–water partition coefficient (Wildman–Crippen LogP) is -0.697. The highest BCUT2D eigenvalue weighted by molar-refractivity contribution is 7.91. The van der Waals surface area contributed by atoms with E-state index < -0.39 is 10.0 Å². The van der Waals surface area contributed by atoms with Gasteiger partial charge in [-0.25, -0.2) is 18.2 Å². The molecule has 3 N–H and O–H groups in total. The monoisotopic (exact) mass is 301 g/mol. The Labute approximate surface area is 113 Å². The van der Waals surface area contributed by atoms with Crippen molar-refractivity contribution < 1.29 is 13.2 Å². The van der Waals surface area contributed by atoms with Gasteiger partial charge >= 0.3 is 0 Å². The topological polar surface area (TPSA) is 120 Å². The zero-order valence-electron chi connectivity index (χ0n) is 9.68. The molecular formula is C9H11N5O3S2. The van der Waals surface area contributed by atoms with Gasteiger partial charge in [-0.2, -0.15) is 0 Å². The van der Waals surface area contributed by atoms with Gasteiger partial charge in [0.15, 0.2) is 0 Å². The first kappa shape index (κ1) is 13.6. The first-order valence-electron chi connectivity index (χ1n) is 5.17. The third-order valence-electron chi connectivity index (χ3n) is 2.15. The van der Waals surface area contributed by atoms with E-state index in [4.69, 9.17) is 5.14 Å². The molecule has 0 aliphatic carbocycles. The Hall–Kier alpha value is -1.78. The van der Waals surface area contributed by atoms with Crippen LogP contribution in [0.15, 0.2) is 28.7 Å². The molecule has 8 nitrogen and oxygen atoms in total. The number of rotatable bonds is 5. The van der Waals surface area contributed by atoms with Crippen LogP contribution in [0.25, 0.3) is 0 Å². The summed E-state index contributed by atoms with van der Waals surface area (Å²) < 4.78 is 23.6. The van der Waals surface area contributed by atoms with Gasteiger partial charge in [-0.05, 0) is 12.1 Å².